The minimum atomic E-state index is -2.93. The van der Waals surface area contributed by atoms with Crippen LogP contribution in [-0.2, 0) is 43.0 Å². The van der Waals surface area contributed by atoms with Crippen molar-refractivity contribution in [2.45, 2.75) is 76.9 Å². The Kier molecular flexibility index (Phi) is 16.7. The molecule has 0 aliphatic rings. The predicted octanol–water partition coefficient (Wildman–Crippen LogP) is 1.21. The molecule has 0 saturated carbocycles. The van der Waals surface area contributed by atoms with Gasteiger partial charge in [-0.3, -0.25) is 33.6 Å². The molecule has 0 heterocycles. The number of rotatable bonds is 20. The molecule has 6 atom stereocenters. The number of Topliss-reactive ketones (excluding diaryl/α,β-unsaturated/α-hetero) is 3. The van der Waals surface area contributed by atoms with Crippen LogP contribution in [0.4, 0.5) is 17.6 Å². The van der Waals surface area contributed by atoms with Gasteiger partial charge in [0.2, 0.25) is 41.4 Å². The van der Waals surface area contributed by atoms with E-state index in [0.717, 1.165) is 26.4 Å². The summed E-state index contributed by atoms with van der Waals surface area (Å²) in [6, 6.07) is -2.42. The van der Waals surface area contributed by atoms with Gasteiger partial charge in [-0.25, -0.2) is 17.6 Å². The van der Waals surface area contributed by atoms with Crippen LogP contribution in [0.5, 0.6) is 11.5 Å². The second kappa shape index (κ2) is 20.1. The first-order valence-electron chi connectivity index (χ1n) is 16.3. The number of amides is 2. The lowest BCUT2D eigenvalue weighted by atomic mass is 9.92. The third-order valence-electron chi connectivity index (χ3n) is 7.90. The van der Waals surface area contributed by atoms with Crippen LogP contribution in [0.15, 0.2) is 36.4 Å². The molecule has 0 fully saturated rings. The topological polar surface area (TPSA) is 233 Å². The molecule has 0 aliphatic heterocycles. The lowest BCUT2D eigenvalue weighted by Gasteiger charge is -2.29. The molecule has 0 spiro atoms. The number of methoxy groups -OCH3 is 2. The monoisotopic (exact) mass is 770 g/mol. The molecule has 54 heavy (non-hydrogen) atoms. The number of hydrogen-bond donors (Lipinski definition) is 4. The molecule has 0 aromatic heterocycles. The van der Waals surface area contributed by atoms with Crippen LogP contribution in [0.3, 0.4) is 0 Å². The summed E-state index contributed by atoms with van der Waals surface area (Å²) in [5.74, 6) is -19.4. The van der Waals surface area contributed by atoms with Gasteiger partial charge in [0.25, 0.3) is 0 Å². The summed E-state index contributed by atoms with van der Waals surface area (Å²) >= 11 is 0. The lowest BCUT2D eigenvalue weighted by molar-refractivity contribution is -0.152. The minimum Gasteiger partial charge on any atom is -0.469 e. The minimum absolute atomic E-state index is 0.545. The zero-order valence-electron chi connectivity index (χ0n) is 30.2. The lowest BCUT2D eigenvalue weighted by Crippen LogP contribution is -2.59. The second-order valence-corrected chi connectivity index (χ2v) is 12.5. The maximum Gasteiger partial charge on any atom is 0.308 e. The standard InChI is InChI=1S/C35H42F4N4O11/c1-15(2)25(40)34(49)42-21(13-23(44)51-5)27(46)32(53-30-17(36)9-7-10-18(30)37)29(48)33(54-31-19(38)11-8-12-20(31)39)28(47)22(14-24(45)52-6)43-35(50)26(41)16(3)4/h7-12,15-16,21-22,25-26,32-33H,13-14,40-41H2,1-6H3,(H,42,49)(H,43,50)/t21-,22-,25-,26-,32?,33?/m0/s1. The van der Waals surface area contributed by atoms with Gasteiger partial charge in [0, 0.05) is 0 Å². The van der Waals surface area contributed by atoms with Gasteiger partial charge in [0.1, 0.15) is 12.1 Å². The summed E-state index contributed by atoms with van der Waals surface area (Å²) in [5.41, 5.74) is 11.8. The Morgan fingerprint density at radius 3 is 1.13 bits per heavy atom. The number of nitrogens with two attached hydrogens (primary N) is 2. The van der Waals surface area contributed by atoms with E-state index >= 15 is 0 Å². The molecular weight excluding hydrogens is 728 g/mol. The molecule has 2 aromatic rings. The van der Waals surface area contributed by atoms with E-state index in [1.807, 2.05) is 0 Å². The van der Waals surface area contributed by atoms with Gasteiger partial charge in [0.05, 0.1) is 39.1 Å². The fourth-order valence-corrected chi connectivity index (χ4v) is 4.53. The number of ether oxygens (including phenoxy) is 4. The highest BCUT2D eigenvalue weighted by molar-refractivity contribution is 6.19. The van der Waals surface area contributed by atoms with E-state index in [4.69, 9.17) is 20.9 Å². The van der Waals surface area contributed by atoms with E-state index in [2.05, 4.69) is 20.1 Å². The summed E-state index contributed by atoms with van der Waals surface area (Å²) in [6.45, 7) is 6.13. The van der Waals surface area contributed by atoms with E-state index in [1.165, 1.54) is 27.7 Å². The Bertz CT molecular complexity index is 1560. The van der Waals surface area contributed by atoms with Gasteiger partial charge in [0.15, 0.2) is 34.8 Å². The summed E-state index contributed by atoms with van der Waals surface area (Å²) in [5, 5.41) is 4.29. The average Bonchev–Trinajstić information content (AvgIpc) is 3.12. The average molecular weight is 771 g/mol. The number of carbonyl (C=O) groups is 7. The normalized spacial score (nSPS) is 14.5. The molecule has 0 saturated heterocycles. The molecule has 0 radical (unpaired) electrons. The Morgan fingerprint density at radius 2 is 0.870 bits per heavy atom. The molecule has 0 aliphatic carbocycles. The molecule has 2 amide bonds. The van der Waals surface area contributed by atoms with Crippen molar-refractivity contribution in [2.75, 3.05) is 14.2 Å². The third-order valence-corrected chi connectivity index (χ3v) is 7.90. The van der Waals surface area contributed by atoms with Crippen molar-refractivity contribution in [1.82, 2.24) is 10.6 Å². The maximum atomic E-state index is 15.0. The van der Waals surface area contributed by atoms with Crippen molar-refractivity contribution < 1.29 is 70.1 Å². The van der Waals surface area contributed by atoms with Gasteiger partial charge in [-0.2, -0.15) is 0 Å². The first kappa shape index (κ1) is 44.7. The molecule has 2 rings (SSSR count). The molecule has 2 aromatic carbocycles. The van der Waals surface area contributed by atoms with Crippen molar-refractivity contribution >= 4 is 41.1 Å². The van der Waals surface area contributed by atoms with Crippen LogP contribution in [0.25, 0.3) is 0 Å². The predicted molar refractivity (Wildman–Crippen MR) is 179 cm³/mol. The number of ketones is 3. The van der Waals surface area contributed by atoms with Crippen LogP contribution in [0.1, 0.15) is 40.5 Å². The van der Waals surface area contributed by atoms with E-state index in [1.54, 1.807) is 0 Å². The van der Waals surface area contributed by atoms with Crippen molar-refractivity contribution in [3.63, 3.8) is 0 Å². The summed E-state index contributed by atoms with van der Waals surface area (Å²) in [6.07, 6.45) is -7.93. The van der Waals surface area contributed by atoms with Gasteiger partial charge < -0.3 is 41.0 Å². The van der Waals surface area contributed by atoms with Crippen LogP contribution >= 0.6 is 0 Å². The molecule has 0 bridgehead atoms. The number of carbonyl (C=O) groups excluding carboxylic acids is 7. The van der Waals surface area contributed by atoms with Gasteiger partial charge in [-0.1, -0.05) is 39.8 Å². The molecule has 19 heteroatoms. The second-order valence-electron chi connectivity index (χ2n) is 12.5. The van der Waals surface area contributed by atoms with Gasteiger partial charge in [-0.05, 0) is 36.1 Å². The zero-order valence-corrected chi connectivity index (χ0v) is 30.2. The van der Waals surface area contributed by atoms with E-state index in [9.17, 15) is 51.1 Å². The van der Waals surface area contributed by atoms with Crippen molar-refractivity contribution in [3.8, 4) is 11.5 Å². The van der Waals surface area contributed by atoms with Crippen LogP contribution < -0.4 is 31.6 Å². The van der Waals surface area contributed by atoms with Gasteiger partial charge in [-0.15, -0.1) is 0 Å². The SMILES string of the molecule is COC(=O)C[C@H](NC(=O)[C@@H](N)C(C)C)C(=O)C(Oc1c(F)cccc1F)C(=O)C(Oc1c(F)cccc1F)C(=O)[C@H](CC(=O)OC)NC(=O)[C@@H](N)C(C)C. The summed E-state index contributed by atoms with van der Waals surface area (Å²) in [7, 11) is 1.82. The third kappa shape index (κ3) is 11.8. The highest BCUT2D eigenvalue weighted by Crippen LogP contribution is 2.27. The first-order chi connectivity index (χ1) is 25.2. The fraction of sp³-hybridized carbons (Fsp3) is 0.457. The molecule has 6 N–H and O–H groups in total. The van der Waals surface area contributed by atoms with Crippen LogP contribution in [0.2, 0.25) is 0 Å². The molecule has 15 nitrogen and oxygen atoms in total. The number of hydrogen-bond acceptors (Lipinski definition) is 13. The van der Waals surface area contributed by atoms with Crippen LogP contribution in [0, 0.1) is 35.1 Å². The van der Waals surface area contributed by atoms with E-state index in [-0.39, 0.29) is 0 Å². The molecule has 2 unspecified atom stereocenters. The first-order valence-corrected chi connectivity index (χ1v) is 16.3. The van der Waals surface area contributed by atoms with Crippen LogP contribution in [-0.4, -0.2) is 91.7 Å². The summed E-state index contributed by atoms with van der Waals surface area (Å²) < 4.78 is 79.5. The number of para-hydroxylation sites is 2. The number of esters is 2. The maximum absolute atomic E-state index is 15.0. The number of nitrogens with one attached hydrogen (secondary N) is 2. The van der Waals surface area contributed by atoms with Crippen molar-refractivity contribution in [3.05, 3.63) is 59.7 Å². The Labute approximate surface area is 307 Å². The Balaban J connectivity index is 2.89. The highest BCUT2D eigenvalue weighted by atomic mass is 19.1. The Hall–Kier alpha value is -5.43. The quantitative estimate of drug-likeness (QED) is 0.0844. The van der Waals surface area contributed by atoms with E-state index < -0.39 is 137 Å². The number of halogens is 4. The highest BCUT2D eigenvalue weighted by Gasteiger charge is 2.47. The number of benzene rings is 2. The molecule has 296 valence electrons. The Morgan fingerprint density at radius 1 is 0.574 bits per heavy atom. The fourth-order valence-electron chi connectivity index (χ4n) is 4.53. The summed E-state index contributed by atoms with van der Waals surface area (Å²) in [4.78, 5) is 93.6. The molecular formula is C35H42F4N4O11. The van der Waals surface area contributed by atoms with Crippen molar-refractivity contribution in [1.29, 1.82) is 0 Å². The van der Waals surface area contributed by atoms with Gasteiger partial charge >= 0.3 is 11.9 Å². The zero-order chi connectivity index (χ0) is 41.0. The smallest absolute Gasteiger partial charge is 0.308 e. The largest absolute Gasteiger partial charge is 0.469 e. The van der Waals surface area contributed by atoms with E-state index in [0.29, 0.717) is 24.3 Å². The van der Waals surface area contributed by atoms with Crippen molar-refractivity contribution in [2.24, 2.45) is 23.3 Å².